The number of pyridine rings is 2. The van der Waals surface area contributed by atoms with Crippen molar-refractivity contribution in [3.63, 3.8) is 0 Å². The first-order valence-corrected chi connectivity index (χ1v) is 10.2. The first-order valence-electron chi connectivity index (χ1n) is 9.43. The highest BCUT2D eigenvalue weighted by Gasteiger charge is 2.06. The molecule has 10 nitrogen and oxygen atoms in total. The maximum Gasteiger partial charge on any atom is 0.253 e. The van der Waals surface area contributed by atoms with Crippen molar-refractivity contribution in [2.75, 3.05) is 6.54 Å². The standard InChI is InChI=1S/C12H16ClN3O2.C8H8ClN3O2/c1-9(2)6-14-11(8-16(17)18)5-10-3-4-12(13)15-7-10;9-8-2-1-6(4-11-8)3-7(10)5-12(13)14/h3-4,7-9,14H,5-6H2,1-2H3;1-2,4-5H,3,10H2/b11-8-;7-5-. The Hall–Kier alpha value is -3.24. The summed E-state index contributed by atoms with van der Waals surface area (Å²) in [7, 11) is 0. The van der Waals surface area contributed by atoms with Crippen LogP contribution in [-0.2, 0) is 12.8 Å². The highest BCUT2D eigenvalue weighted by molar-refractivity contribution is 6.29. The van der Waals surface area contributed by atoms with Crippen molar-refractivity contribution in [1.82, 2.24) is 15.3 Å². The number of halogens is 2. The molecule has 0 spiro atoms. The summed E-state index contributed by atoms with van der Waals surface area (Å²) in [5.41, 5.74) is 7.81. The van der Waals surface area contributed by atoms with Crippen LogP contribution in [0.3, 0.4) is 0 Å². The van der Waals surface area contributed by atoms with Gasteiger partial charge in [0, 0.05) is 31.8 Å². The van der Waals surface area contributed by atoms with Gasteiger partial charge < -0.3 is 11.1 Å². The Balaban J connectivity index is 0.000000330. The van der Waals surface area contributed by atoms with Crippen molar-refractivity contribution in [3.05, 3.63) is 102 Å². The molecular formula is C20H24Cl2N6O4. The zero-order valence-corrected chi connectivity index (χ0v) is 19.1. The Morgan fingerprint density at radius 3 is 1.91 bits per heavy atom. The number of hydrogen-bond donors (Lipinski definition) is 2. The number of aromatic nitrogens is 2. The summed E-state index contributed by atoms with van der Waals surface area (Å²) >= 11 is 11.3. The van der Waals surface area contributed by atoms with E-state index in [1.165, 1.54) is 6.20 Å². The van der Waals surface area contributed by atoms with Crippen molar-refractivity contribution in [2.24, 2.45) is 11.7 Å². The third-order valence-electron chi connectivity index (χ3n) is 3.65. The third-order valence-corrected chi connectivity index (χ3v) is 4.10. The number of nitro groups is 2. The van der Waals surface area contributed by atoms with Crippen molar-refractivity contribution >= 4 is 23.2 Å². The van der Waals surface area contributed by atoms with Crippen LogP contribution < -0.4 is 11.1 Å². The first kappa shape index (κ1) is 26.8. The molecule has 0 aliphatic heterocycles. The van der Waals surface area contributed by atoms with Crippen LogP contribution in [0.4, 0.5) is 0 Å². The van der Waals surface area contributed by atoms with Crippen molar-refractivity contribution < 1.29 is 9.85 Å². The fourth-order valence-corrected chi connectivity index (χ4v) is 2.50. The van der Waals surface area contributed by atoms with Crippen LogP contribution in [0.2, 0.25) is 10.3 Å². The summed E-state index contributed by atoms with van der Waals surface area (Å²) in [6.07, 6.45) is 5.66. The highest BCUT2D eigenvalue weighted by Crippen LogP contribution is 2.10. The van der Waals surface area contributed by atoms with Crippen LogP contribution in [0.1, 0.15) is 25.0 Å². The fourth-order valence-electron chi connectivity index (χ4n) is 2.27. The van der Waals surface area contributed by atoms with Gasteiger partial charge in [-0.2, -0.15) is 0 Å². The Morgan fingerprint density at radius 2 is 1.50 bits per heavy atom. The summed E-state index contributed by atoms with van der Waals surface area (Å²) in [6.45, 7) is 4.78. The van der Waals surface area contributed by atoms with Gasteiger partial charge >= 0.3 is 0 Å². The van der Waals surface area contributed by atoms with E-state index >= 15 is 0 Å². The molecule has 0 radical (unpaired) electrons. The molecule has 32 heavy (non-hydrogen) atoms. The molecule has 2 rings (SSSR count). The van der Waals surface area contributed by atoms with Gasteiger partial charge in [-0.25, -0.2) is 9.97 Å². The van der Waals surface area contributed by atoms with Crippen LogP contribution in [0.5, 0.6) is 0 Å². The topological polar surface area (TPSA) is 150 Å². The summed E-state index contributed by atoms with van der Waals surface area (Å²) in [5.74, 6) is 0.420. The van der Waals surface area contributed by atoms with Gasteiger partial charge in [0.15, 0.2) is 0 Å². The molecule has 0 aliphatic carbocycles. The van der Waals surface area contributed by atoms with E-state index in [4.69, 9.17) is 28.9 Å². The van der Waals surface area contributed by atoms with Crippen LogP contribution in [0, 0.1) is 26.1 Å². The number of allylic oxidation sites excluding steroid dienone is 2. The van der Waals surface area contributed by atoms with Crippen molar-refractivity contribution in [3.8, 4) is 0 Å². The smallest absolute Gasteiger partial charge is 0.253 e. The zero-order chi connectivity index (χ0) is 24.1. The molecule has 0 fully saturated rings. The molecule has 0 saturated heterocycles. The van der Waals surface area contributed by atoms with Gasteiger partial charge in [0.2, 0.25) is 0 Å². The molecule has 0 amide bonds. The van der Waals surface area contributed by atoms with E-state index < -0.39 is 9.85 Å². The van der Waals surface area contributed by atoms with Gasteiger partial charge in [-0.05, 0) is 29.2 Å². The summed E-state index contributed by atoms with van der Waals surface area (Å²) in [5, 5.41) is 24.5. The van der Waals surface area contributed by atoms with Gasteiger partial charge in [0.25, 0.3) is 12.4 Å². The lowest BCUT2D eigenvalue weighted by Gasteiger charge is -2.10. The Bertz CT molecular complexity index is 948. The minimum Gasteiger partial charge on any atom is -0.397 e. The molecule has 172 valence electrons. The second kappa shape index (κ2) is 13.9. The Labute approximate surface area is 195 Å². The highest BCUT2D eigenvalue weighted by atomic mass is 35.5. The molecule has 0 atom stereocenters. The number of nitrogens with zero attached hydrogens (tertiary/aromatic N) is 4. The van der Waals surface area contributed by atoms with Crippen LogP contribution in [0.25, 0.3) is 0 Å². The molecule has 12 heteroatoms. The van der Waals surface area contributed by atoms with E-state index in [-0.39, 0.29) is 5.70 Å². The number of hydrogen-bond acceptors (Lipinski definition) is 8. The normalized spacial score (nSPS) is 11.5. The quantitative estimate of drug-likeness (QED) is 0.309. The maximum absolute atomic E-state index is 10.6. The molecule has 2 aromatic heterocycles. The van der Waals surface area contributed by atoms with Crippen LogP contribution in [0.15, 0.2) is 60.5 Å². The second-order valence-corrected chi connectivity index (χ2v) is 7.81. The average Bonchev–Trinajstić information content (AvgIpc) is 2.69. The summed E-state index contributed by atoms with van der Waals surface area (Å²) < 4.78 is 0. The van der Waals surface area contributed by atoms with Crippen LogP contribution in [-0.4, -0.2) is 26.4 Å². The van der Waals surface area contributed by atoms with Gasteiger partial charge in [-0.3, -0.25) is 20.2 Å². The zero-order valence-electron chi connectivity index (χ0n) is 17.6. The third kappa shape index (κ3) is 12.5. The van der Waals surface area contributed by atoms with E-state index in [1.807, 2.05) is 13.8 Å². The Morgan fingerprint density at radius 1 is 1.00 bits per heavy atom. The summed E-state index contributed by atoms with van der Waals surface area (Å²) in [4.78, 5) is 27.4. The largest absolute Gasteiger partial charge is 0.397 e. The number of rotatable bonds is 9. The van der Waals surface area contributed by atoms with E-state index in [2.05, 4.69) is 15.3 Å². The summed E-state index contributed by atoms with van der Waals surface area (Å²) in [6, 6.07) is 6.80. The minimum atomic E-state index is -0.585. The van der Waals surface area contributed by atoms with E-state index in [1.54, 1.807) is 30.5 Å². The monoisotopic (exact) mass is 482 g/mol. The van der Waals surface area contributed by atoms with E-state index in [0.717, 1.165) is 23.5 Å². The van der Waals surface area contributed by atoms with Crippen molar-refractivity contribution in [1.29, 1.82) is 0 Å². The van der Waals surface area contributed by atoms with E-state index in [9.17, 15) is 20.2 Å². The molecule has 2 aromatic rings. The van der Waals surface area contributed by atoms with E-state index in [0.29, 0.717) is 41.3 Å². The van der Waals surface area contributed by atoms with Gasteiger partial charge in [0.05, 0.1) is 21.2 Å². The molecule has 0 aliphatic rings. The van der Waals surface area contributed by atoms with Gasteiger partial charge in [-0.1, -0.05) is 49.2 Å². The number of nitrogens with two attached hydrogens (primary N) is 1. The minimum absolute atomic E-state index is 0.180. The van der Waals surface area contributed by atoms with Crippen molar-refractivity contribution in [2.45, 2.75) is 26.7 Å². The second-order valence-electron chi connectivity index (χ2n) is 7.04. The lowest BCUT2D eigenvalue weighted by atomic mass is 10.1. The predicted octanol–water partition coefficient (Wildman–Crippen LogP) is 4.00. The SMILES string of the molecule is CC(C)CN/C(=C\[N+](=O)[O-])Cc1ccc(Cl)nc1.N/C(=C\[N+](=O)[O-])Cc1ccc(Cl)nc1. The van der Waals surface area contributed by atoms with Crippen LogP contribution >= 0.6 is 23.2 Å². The number of nitrogens with one attached hydrogen (secondary N) is 1. The molecular weight excluding hydrogens is 459 g/mol. The lowest BCUT2D eigenvalue weighted by molar-refractivity contribution is -0.403. The fraction of sp³-hybridized carbons (Fsp3) is 0.300. The first-order chi connectivity index (χ1) is 15.0. The molecule has 0 aromatic carbocycles. The predicted molar refractivity (Wildman–Crippen MR) is 123 cm³/mol. The molecule has 2 heterocycles. The van der Waals surface area contributed by atoms with Gasteiger partial charge in [-0.15, -0.1) is 0 Å². The molecule has 3 N–H and O–H groups in total. The molecule has 0 bridgehead atoms. The van der Waals surface area contributed by atoms with Gasteiger partial charge in [0.1, 0.15) is 10.3 Å². The lowest BCUT2D eigenvalue weighted by Crippen LogP contribution is -2.21. The molecule has 0 saturated carbocycles. The molecule has 0 unspecified atom stereocenters. The maximum atomic E-state index is 10.6. The average molecular weight is 483 g/mol. The Kier molecular flexibility index (Phi) is 11.7.